The monoisotopic (exact) mass is 202 g/mol. The number of aliphatic hydroxyl groups is 1. The molecule has 0 aliphatic carbocycles. The molecule has 0 rings (SSSR count). The van der Waals surface area contributed by atoms with Gasteiger partial charge in [0.1, 0.15) is 0 Å². The molecule has 1 atom stereocenters. The van der Waals surface area contributed by atoms with Gasteiger partial charge in [-0.2, -0.15) is 0 Å². The first-order chi connectivity index (χ1) is 6.54. The molecule has 0 bridgehead atoms. The van der Waals surface area contributed by atoms with Crippen LogP contribution in [0.15, 0.2) is 0 Å². The van der Waals surface area contributed by atoms with Gasteiger partial charge >= 0.3 is 0 Å². The second kappa shape index (κ2) is 6.79. The van der Waals surface area contributed by atoms with Gasteiger partial charge in [0.05, 0.1) is 5.54 Å². The van der Waals surface area contributed by atoms with Gasteiger partial charge in [0.25, 0.3) is 0 Å². The van der Waals surface area contributed by atoms with Gasteiger partial charge in [0.15, 0.2) is 0 Å². The normalized spacial score (nSPS) is 14.9. The van der Waals surface area contributed by atoms with Crippen LogP contribution in [-0.4, -0.2) is 29.7 Å². The highest BCUT2D eigenvalue weighted by molar-refractivity contribution is 5.85. The number of hydrogen-bond donors (Lipinski definition) is 3. The number of aliphatic hydroxyl groups excluding tert-OH is 1. The molecular formula is C10H22N2O2. The van der Waals surface area contributed by atoms with Gasteiger partial charge in [-0.3, -0.25) is 4.79 Å². The molecular weight excluding hydrogens is 180 g/mol. The molecule has 0 aliphatic rings. The molecule has 4 N–H and O–H groups in total. The van der Waals surface area contributed by atoms with Crippen molar-refractivity contribution >= 4 is 5.91 Å². The van der Waals surface area contributed by atoms with Gasteiger partial charge in [0, 0.05) is 13.2 Å². The van der Waals surface area contributed by atoms with E-state index in [0.29, 0.717) is 13.0 Å². The van der Waals surface area contributed by atoms with Crippen LogP contribution in [-0.2, 0) is 4.79 Å². The maximum Gasteiger partial charge on any atom is 0.239 e. The number of carbonyl (C=O) groups excluding carboxylic acids is 1. The highest BCUT2D eigenvalue weighted by Gasteiger charge is 2.24. The van der Waals surface area contributed by atoms with Crippen LogP contribution in [0, 0.1) is 0 Å². The fourth-order valence-electron chi connectivity index (χ4n) is 0.978. The summed E-state index contributed by atoms with van der Waals surface area (Å²) in [4.78, 5) is 11.4. The Labute approximate surface area is 85.9 Å². The number of amides is 1. The summed E-state index contributed by atoms with van der Waals surface area (Å²) in [5.41, 5.74) is 5.00. The van der Waals surface area contributed by atoms with Gasteiger partial charge in [-0.25, -0.2) is 0 Å². The molecule has 84 valence electrons. The molecule has 0 saturated heterocycles. The van der Waals surface area contributed by atoms with Crippen molar-refractivity contribution in [1.82, 2.24) is 5.32 Å². The minimum Gasteiger partial charge on any atom is -0.396 e. The van der Waals surface area contributed by atoms with Crippen LogP contribution in [0.1, 0.15) is 39.5 Å². The quantitative estimate of drug-likeness (QED) is 0.523. The number of carbonyl (C=O) groups is 1. The zero-order valence-electron chi connectivity index (χ0n) is 9.18. The van der Waals surface area contributed by atoms with Gasteiger partial charge in [0.2, 0.25) is 5.91 Å². The van der Waals surface area contributed by atoms with Gasteiger partial charge in [-0.05, 0) is 32.6 Å². The number of nitrogens with one attached hydrogen (secondary N) is 1. The molecule has 0 saturated carbocycles. The summed E-state index contributed by atoms with van der Waals surface area (Å²) < 4.78 is 0. The Morgan fingerprint density at radius 3 is 2.57 bits per heavy atom. The maximum absolute atomic E-state index is 11.4. The van der Waals surface area contributed by atoms with Crippen molar-refractivity contribution in [3.8, 4) is 0 Å². The minimum absolute atomic E-state index is 0.0935. The summed E-state index contributed by atoms with van der Waals surface area (Å²) in [6, 6.07) is 0. The second-order valence-corrected chi connectivity index (χ2v) is 3.81. The van der Waals surface area contributed by atoms with Crippen LogP contribution in [0.25, 0.3) is 0 Å². The van der Waals surface area contributed by atoms with E-state index in [1.54, 1.807) is 6.92 Å². The van der Waals surface area contributed by atoms with Crippen molar-refractivity contribution in [3.63, 3.8) is 0 Å². The van der Waals surface area contributed by atoms with Crippen LogP contribution < -0.4 is 11.1 Å². The first-order valence-electron chi connectivity index (χ1n) is 5.22. The van der Waals surface area contributed by atoms with Crippen LogP contribution in [0.2, 0.25) is 0 Å². The van der Waals surface area contributed by atoms with Crippen LogP contribution in [0.5, 0.6) is 0 Å². The fraction of sp³-hybridized carbons (Fsp3) is 0.900. The Morgan fingerprint density at radius 2 is 2.07 bits per heavy atom. The van der Waals surface area contributed by atoms with Crippen molar-refractivity contribution in [1.29, 1.82) is 0 Å². The molecule has 0 aromatic carbocycles. The molecule has 0 heterocycles. The molecule has 0 aliphatic heterocycles. The third-order valence-electron chi connectivity index (χ3n) is 2.37. The molecule has 0 aromatic rings. The smallest absolute Gasteiger partial charge is 0.239 e. The van der Waals surface area contributed by atoms with Gasteiger partial charge in [-0.1, -0.05) is 6.92 Å². The van der Waals surface area contributed by atoms with Gasteiger partial charge < -0.3 is 16.2 Å². The molecule has 4 heteroatoms. The van der Waals surface area contributed by atoms with Crippen LogP contribution >= 0.6 is 0 Å². The summed E-state index contributed by atoms with van der Waals surface area (Å²) in [6.07, 6.45) is 3.26. The summed E-state index contributed by atoms with van der Waals surface area (Å²) in [6.45, 7) is 4.49. The Morgan fingerprint density at radius 1 is 1.43 bits per heavy atom. The van der Waals surface area contributed by atoms with E-state index in [9.17, 15) is 4.79 Å². The molecule has 4 nitrogen and oxygen atoms in total. The Bertz CT molecular complexity index is 170. The Balaban J connectivity index is 3.54. The fourth-order valence-corrected chi connectivity index (χ4v) is 0.978. The molecule has 0 aromatic heterocycles. The highest BCUT2D eigenvalue weighted by Crippen LogP contribution is 2.04. The number of unbranched alkanes of at least 4 members (excludes halogenated alkanes) is 2. The summed E-state index contributed by atoms with van der Waals surface area (Å²) >= 11 is 0. The third kappa shape index (κ3) is 5.19. The van der Waals surface area contributed by atoms with E-state index < -0.39 is 5.54 Å². The molecule has 14 heavy (non-hydrogen) atoms. The zero-order valence-corrected chi connectivity index (χ0v) is 9.18. The average Bonchev–Trinajstić information content (AvgIpc) is 2.17. The topological polar surface area (TPSA) is 75.4 Å². The number of hydrogen-bond acceptors (Lipinski definition) is 3. The highest BCUT2D eigenvalue weighted by atomic mass is 16.2. The number of nitrogens with two attached hydrogens (primary N) is 1. The van der Waals surface area contributed by atoms with E-state index in [0.717, 1.165) is 19.3 Å². The average molecular weight is 202 g/mol. The van der Waals surface area contributed by atoms with E-state index in [1.807, 2.05) is 6.92 Å². The van der Waals surface area contributed by atoms with E-state index >= 15 is 0 Å². The summed E-state index contributed by atoms with van der Waals surface area (Å²) in [5, 5.41) is 11.3. The predicted molar refractivity (Wildman–Crippen MR) is 56.8 cm³/mol. The van der Waals surface area contributed by atoms with Gasteiger partial charge in [-0.15, -0.1) is 0 Å². The molecule has 1 unspecified atom stereocenters. The molecule has 0 spiro atoms. The van der Waals surface area contributed by atoms with Crippen molar-refractivity contribution in [2.75, 3.05) is 13.2 Å². The Hall–Kier alpha value is -0.610. The van der Waals surface area contributed by atoms with Crippen molar-refractivity contribution in [3.05, 3.63) is 0 Å². The number of rotatable bonds is 7. The molecule has 0 fully saturated rings. The lowest BCUT2D eigenvalue weighted by molar-refractivity contribution is -0.125. The third-order valence-corrected chi connectivity index (χ3v) is 2.37. The largest absolute Gasteiger partial charge is 0.396 e. The van der Waals surface area contributed by atoms with Crippen LogP contribution in [0.3, 0.4) is 0 Å². The lowest BCUT2D eigenvalue weighted by Gasteiger charge is -2.21. The summed E-state index contributed by atoms with van der Waals surface area (Å²) in [5.74, 6) is -0.0935. The minimum atomic E-state index is -0.753. The predicted octanol–water partition coefficient (Wildman–Crippen LogP) is 0.393. The SMILES string of the molecule is CCC(C)(N)C(=O)NCCCCCO. The molecule has 1 amide bonds. The van der Waals surface area contributed by atoms with Crippen molar-refractivity contribution in [2.45, 2.75) is 45.1 Å². The first kappa shape index (κ1) is 13.4. The van der Waals surface area contributed by atoms with Crippen molar-refractivity contribution < 1.29 is 9.90 Å². The second-order valence-electron chi connectivity index (χ2n) is 3.81. The first-order valence-corrected chi connectivity index (χ1v) is 5.22. The molecule has 0 radical (unpaired) electrons. The standard InChI is InChI=1S/C10H22N2O2/c1-3-10(2,11)9(14)12-7-5-4-6-8-13/h13H,3-8,11H2,1-2H3,(H,12,14). The van der Waals surface area contributed by atoms with E-state index in [4.69, 9.17) is 10.8 Å². The maximum atomic E-state index is 11.4. The van der Waals surface area contributed by atoms with Crippen LogP contribution in [0.4, 0.5) is 0 Å². The van der Waals surface area contributed by atoms with E-state index in [-0.39, 0.29) is 12.5 Å². The summed E-state index contributed by atoms with van der Waals surface area (Å²) in [7, 11) is 0. The van der Waals surface area contributed by atoms with E-state index in [1.165, 1.54) is 0 Å². The Kier molecular flexibility index (Phi) is 6.49. The van der Waals surface area contributed by atoms with Crippen molar-refractivity contribution in [2.24, 2.45) is 5.73 Å². The lowest BCUT2D eigenvalue weighted by Crippen LogP contribution is -2.51. The lowest BCUT2D eigenvalue weighted by atomic mass is 9.99. The zero-order chi connectivity index (χ0) is 11.0. The van der Waals surface area contributed by atoms with E-state index in [2.05, 4.69) is 5.32 Å².